The molecule has 25 heavy (non-hydrogen) atoms. The van der Waals surface area contributed by atoms with Gasteiger partial charge >= 0.3 is 0 Å². The first-order valence-corrected chi connectivity index (χ1v) is 8.34. The molecule has 2 aromatic heterocycles. The first-order chi connectivity index (χ1) is 12.1. The molecule has 0 aliphatic carbocycles. The smallest absolute Gasteiger partial charge is 0.247 e. The number of piperazine rings is 1. The van der Waals surface area contributed by atoms with Crippen LogP contribution in [-0.4, -0.2) is 56.7 Å². The second-order valence-corrected chi connectivity index (χ2v) is 6.39. The Labute approximate surface area is 146 Å². The van der Waals surface area contributed by atoms with Gasteiger partial charge in [-0.2, -0.15) is 10.4 Å². The summed E-state index contributed by atoms with van der Waals surface area (Å²) in [6.07, 6.45) is 4.63. The minimum absolute atomic E-state index is 0.0768. The Kier molecular flexibility index (Phi) is 4.93. The summed E-state index contributed by atoms with van der Waals surface area (Å²) in [5.74, 6) is 1.04. The van der Waals surface area contributed by atoms with E-state index in [0.717, 1.165) is 5.82 Å². The zero-order valence-electron chi connectivity index (χ0n) is 14.4. The number of amides is 1. The van der Waals surface area contributed by atoms with E-state index in [1.54, 1.807) is 23.3 Å². The maximum Gasteiger partial charge on any atom is 0.247 e. The van der Waals surface area contributed by atoms with E-state index in [-0.39, 0.29) is 17.9 Å². The fraction of sp³-hybridized carbons (Fsp3) is 0.471. The highest BCUT2D eigenvalue weighted by Gasteiger charge is 2.31. The van der Waals surface area contributed by atoms with E-state index < -0.39 is 0 Å². The summed E-state index contributed by atoms with van der Waals surface area (Å²) in [6, 6.07) is 5.35. The molecule has 2 aromatic rings. The van der Waals surface area contributed by atoms with Crippen LogP contribution in [0, 0.1) is 17.2 Å². The molecule has 1 amide bonds. The van der Waals surface area contributed by atoms with Crippen LogP contribution in [0.5, 0.6) is 0 Å². The van der Waals surface area contributed by atoms with Crippen LogP contribution in [0.1, 0.15) is 25.5 Å². The summed E-state index contributed by atoms with van der Waals surface area (Å²) in [5.41, 5.74) is 0.546. The molecule has 8 nitrogen and oxygen atoms in total. The standard InChI is InChI=1S/C17H21N7O/c1-13(2)16(24-12-19-11-21-24)17(25)23-7-5-22(6-8-23)15-4-3-14(9-18)10-20-15/h3-4,10-13,16H,5-8H2,1-2H3. The monoisotopic (exact) mass is 339 g/mol. The summed E-state index contributed by atoms with van der Waals surface area (Å²) in [4.78, 5) is 25.2. The van der Waals surface area contributed by atoms with Gasteiger partial charge in [0, 0.05) is 32.4 Å². The molecule has 0 spiro atoms. The van der Waals surface area contributed by atoms with Crippen molar-refractivity contribution in [3.05, 3.63) is 36.5 Å². The predicted molar refractivity (Wildman–Crippen MR) is 91.6 cm³/mol. The normalized spacial score (nSPS) is 15.9. The number of rotatable bonds is 4. The fourth-order valence-electron chi connectivity index (χ4n) is 3.05. The van der Waals surface area contributed by atoms with Crippen molar-refractivity contribution in [1.82, 2.24) is 24.6 Å². The van der Waals surface area contributed by atoms with Crippen LogP contribution in [0.25, 0.3) is 0 Å². The SMILES string of the molecule is CC(C)C(C(=O)N1CCN(c2ccc(C#N)cn2)CC1)n1cncn1. The second kappa shape index (κ2) is 7.30. The molecule has 130 valence electrons. The van der Waals surface area contributed by atoms with Crippen molar-refractivity contribution in [2.24, 2.45) is 5.92 Å². The molecule has 0 saturated carbocycles. The largest absolute Gasteiger partial charge is 0.353 e. The summed E-state index contributed by atoms with van der Waals surface area (Å²) >= 11 is 0. The van der Waals surface area contributed by atoms with E-state index in [0.29, 0.717) is 31.7 Å². The molecule has 1 unspecified atom stereocenters. The van der Waals surface area contributed by atoms with Crippen LogP contribution < -0.4 is 4.90 Å². The molecule has 1 atom stereocenters. The number of carbonyl (C=O) groups excluding carboxylic acids is 1. The maximum absolute atomic E-state index is 12.9. The Hall–Kier alpha value is -2.95. The third-order valence-corrected chi connectivity index (χ3v) is 4.40. The third-order valence-electron chi connectivity index (χ3n) is 4.40. The third kappa shape index (κ3) is 3.60. The molecule has 0 N–H and O–H groups in total. The average molecular weight is 339 g/mol. The van der Waals surface area contributed by atoms with E-state index >= 15 is 0 Å². The van der Waals surface area contributed by atoms with Crippen molar-refractivity contribution in [3.63, 3.8) is 0 Å². The number of nitrogens with zero attached hydrogens (tertiary/aromatic N) is 7. The van der Waals surface area contributed by atoms with Gasteiger partial charge in [0.1, 0.15) is 30.6 Å². The molecular weight excluding hydrogens is 318 g/mol. The van der Waals surface area contributed by atoms with Gasteiger partial charge in [-0.25, -0.2) is 14.6 Å². The van der Waals surface area contributed by atoms with Gasteiger partial charge in [-0.15, -0.1) is 0 Å². The Morgan fingerprint density at radius 1 is 1.24 bits per heavy atom. The zero-order chi connectivity index (χ0) is 17.8. The highest BCUT2D eigenvalue weighted by atomic mass is 16.2. The molecule has 1 aliphatic heterocycles. The minimum Gasteiger partial charge on any atom is -0.353 e. The first kappa shape index (κ1) is 16.9. The van der Waals surface area contributed by atoms with Crippen LogP contribution in [0.4, 0.5) is 5.82 Å². The van der Waals surface area contributed by atoms with Crippen LogP contribution in [0.3, 0.4) is 0 Å². The number of pyridine rings is 1. The van der Waals surface area contributed by atoms with E-state index in [9.17, 15) is 4.79 Å². The highest BCUT2D eigenvalue weighted by Crippen LogP contribution is 2.21. The molecule has 3 rings (SSSR count). The van der Waals surface area contributed by atoms with E-state index in [4.69, 9.17) is 5.26 Å². The quantitative estimate of drug-likeness (QED) is 0.828. The van der Waals surface area contributed by atoms with Crippen molar-refractivity contribution in [1.29, 1.82) is 5.26 Å². The molecule has 0 radical (unpaired) electrons. The van der Waals surface area contributed by atoms with Gasteiger partial charge in [-0.05, 0) is 18.1 Å². The predicted octanol–water partition coefficient (Wildman–Crippen LogP) is 1.09. The van der Waals surface area contributed by atoms with Gasteiger partial charge in [0.2, 0.25) is 5.91 Å². The van der Waals surface area contributed by atoms with Gasteiger partial charge in [-0.1, -0.05) is 13.8 Å². The van der Waals surface area contributed by atoms with Crippen molar-refractivity contribution in [2.75, 3.05) is 31.1 Å². The van der Waals surface area contributed by atoms with E-state index in [1.807, 2.05) is 24.8 Å². The summed E-state index contributed by atoms with van der Waals surface area (Å²) in [6.45, 7) is 6.73. The molecular formula is C17H21N7O. The van der Waals surface area contributed by atoms with Gasteiger partial charge in [0.15, 0.2) is 0 Å². The molecule has 3 heterocycles. The van der Waals surface area contributed by atoms with Crippen LogP contribution >= 0.6 is 0 Å². The Balaban J connectivity index is 1.64. The fourth-order valence-corrected chi connectivity index (χ4v) is 3.05. The van der Waals surface area contributed by atoms with Crippen molar-refractivity contribution in [3.8, 4) is 6.07 Å². The van der Waals surface area contributed by atoms with Crippen LogP contribution in [0.15, 0.2) is 31.0 Å². The number of nitriles is 1. The van der Waals surface area contributed by atoms with E-state index in [1.165, 1.54) is 6.33 Å². The maximum atomic E-state index is 12.9. The molecule has 8 heteroatoms. The lowest BCUT2D eigenvalue weighted by Gasteiger charge is -2.37. The van der Waals surface area contributed by atoms with E-state index in [2.05, 4.69) is 26.0 Å². The summed E-state index contributed by atoms with van der Waals surface area (Å²) in [7, 11) is 0. The van der Waals surface area contributed by atoms with Crippen LogP contribution in [-0.2, 0) is 4.79 Å². The first-order valence-electron chi connectivity index (χ1n) is 8.34. The molecule has 0 bridgehead atoms. The topological polar surface area (TPSA) is 90.9 Å². The number of aromatic nitrogens is 4. The minimum atomic E-state index is -0.331. The lowest BCUT2D eigenvalue weighted by molar-refractivity contribution is -0.136. The Morgan fingerprint density at radius 3 is 2.52 bits per heavy atom. The number of hydrogen-bond acceptors (Lipinski definition) is 6. The lowest BCUT2D eigenvalue weighted by atomic mass is 10.0. The number of carbonyl (C=O) groups is 1. The van der Waals surface area contributed by atoms with Crippen molar-refractivity contribution >= 4 is 11.7 Å². The van der Waals surface area contributed by atoms with Gasteiger partial charge in [0.05, 0.1) is 5.56 Å². The Morgan fingerprint density at radius 2 is 2.00 bits per heavy atom. The van der Waals surface area contributed by atoms with Gasteiger partial charge in [-0.3, -0.25) is 4.79 Å². The second-order valence-electron chi connectivity index (χ2n) is 6.39. The van der Waals surface area contributed by atoms with Crippen LogP contribution in [0.2, 0.25) is 0 Å². The molecule has 1 fully saturated rings. The molecule has 1 saturated heterocycles. The summed E-state index contributed by atoms with van der Waals surface area (Å²) < 4.78 is 1.64. The number of anilines is 1. The van der Waals surface area contributed by atoms with Crippen molar-refractivity contribution < 1.29 is 4.79 Å². The van der Waals surface area contributed by atoms with Gasteiger partial charge in [0.25, 0.3) is 0 Å². The number of hydrogen-bond donors (Lipinski definition) is 0. The lowest BCUT2D eigenvalue weighted by Crippen LogP contribution is -2.51. The average Bonchev–Trinajstić information content (AvgIpc) is 3.16. The van der Waals surface area contributed by atoms with Crippen molar-refractivity contribution in [2.45, 2.75) is 19.9 Å². The molecule has 0 aromatic carbocycles. The Bertz CT molecular complexity index is 740. The zero-order valence-corrected chi connectivity index (χ0v) is 14.4. The summed E-state index contributed by atoms with van der Waals surface area (Å²) in [5, 5.41) is 13.0. The highest BCUT2D eigenvalue weighted by molar-refractivity contribution is 5.81. The molecule has 1 aliphatic rings. The van der Waals surface area contributed by atoms with Gasteiger partial charge < -0.3 is 9.80 Å².